The van der Waals surface area contributed by atoms with Crippen molar-refractivity contribution in [1.82, 2.24) is 0 Å². The van der Waals surface area contributed by atoms with Crippen molar-refractivity contribution in [3.05, 3.63) is 108 Å². The molecule has 3 aromatic rings. The molecule has 3 heteroatoms. The fourth-order valence-electron chi connectivity index (χ4n) is 2.50. The van der Waals surface area contributed by atoms with E-state index in [1.54, 1.807) is 0 Å². The van der Waals surface area contributed by atoms with Gasteiger partial charge < -0.3 is 0 Å². The van der Waals surface area contributed by atoms with Crippen molar-refractivity contribution >= 4 is 36.4 Å². The van der Waals surface area contributed by atoms with E-state index < -0.39 is 4.87 Å². The molecule has 0 aliphatic rings. The van der Waals surface area contributed by atoms with Crippen LogP contribution in [0.2, 0.25) is 0 Å². The van der Waals surface area contributed by atoms with Gasteiger partial charge in [-0.05, 0) is 16.7 Å². The Hall–Kier alpha value is -1.47. The quantitative estimate of drug-likeness (QED) is 0.357. The molecule has 0 spiro atoms. The van der Waals surface area contributed by atoms with Gasteiger partial charge in [0.2, 0.25) is 0 Å². The lowest BCUT2D eigenvalue weighted by atomic mass is 9.84. The third kappa shape index (κ3) is 4.29. The Morgan fingerprint density at radius 2 is 0.696 bits per heavy atom. The fourth-order valence-corrected chi connectivity index (χ4v) is 2.88. The zero-order valence-electron chi connectivity index (χ0n) is 11.9. The normalized spacial score (nSPS) is 9.78. The molecule has 3 rings (SSSR count). The van der Waals surface area contributed by atoms with E-state index in [1.165, 1.54) is 0 Å². The van der Waals surface area contributed by atoms with E-state index in [0.717, 1.165) is 16.7 Å². The Bertz CT molecular complexity index is 570. The molecule has 0 heterocycles. The van der Waals surface area contributed by atoms with Crippen LogP contribution in [0.3, 0.4) is 0 Å². The van der Waals surface area contributed by atoms with Gasteiger partial charge in [0.15, 0.2) is 0 Å². The number of rotatable bonds is 3. The zero-order chi connectivity index (χ0) is 13.8. The average Bonchev–Trinajstić information content (AvgIpc) is 2.56. The molecule has 122 valence electrons. The number of hydrogen-bond acceptors (Lipinski definition) is 0. The summed E-state index contributed by atoms with van der Waals surface area (Å²) in [5.74, 6) is 0. The Kier molecular flexibility index (Phi) is 9.01. The van der Waals surface area contributed by atoms with Crippen molar-refractivity contribution in [3.8, 4) is 0 Å². The molecule has 0 nitrogen and oxygen atoms in total. The first-order valence-electron chi connectivity index (χ1n) is 6.67. The number of halogens is 3. The molecule has 0 saturated carbocycles. The third-order valence-corrected chi connectivity index (χ3v) is 4.17. The highest BCUT2D eigenvalue weighted by Gasteiger charge is 2.33. The summed E-state index contributed by atoms with van der Waals surface area (Å²) >= 11 is 7.12. The molecule has 0 fully saturated rings. The van der Waals surface area contributed by atoms with Crippen LogP contribution in [-0.4, -0.2) is 0 Å². The van der Waals surface area contributed by atoms with Gasteiger partial charge in [0.25, 0.3) is 0 Å². The van der Waals surface area contributed by atoms with Gasteiger partial charge in [-0.2, -0.15) is 0 Å². The summed E-state index contributed by atoms with van der Waals surface area (Å²) in [5.41, 5.74) is 3.25. The summed E-state index contributed by atoms with van der Waals surface area (Å²) in [4.78, 5) is -0.649. The van der Waals surface area contributed by atoms with E-state index in [4.69, 9.17) is 11.6 Å². The summed E-state index contributed by atoms with van der Waals surface area (Å²) in [5, 5.41) is 0. The van der Waals surface area contributed by atoms with E-state index in [9.17, 15) is 0 Å². The van der Waals surface area contributed by atoms with Gasteiger partial charge in [-0.1, -0.05) is 98.4 Å². The molecule has 0 atom stereocenters. The van der Waals surface area contributed by atoms with E-state index >= 15 is 0 Å². The van der Waals surface area contributed by atoms with Crippen LogP contribution in [-0.2, 0) is 4.87 Å². The number of alkyl halides is 1. The van der Waals surface area contributed by atoms with Crippen LogP contribution in [0, 0.1) is 0 Å². The van der Waals surface area contributed by atoms with Crippen LogP contribution in [0.4, 0.5) is 0 Å². The zero-order valence-corrected chi connectivity index (χ0v) is 14.2. The summed E-state index contributed by atoms with van der Waals surface area (Å²) in [7, 11) is 0. The minimum atomic E-state index is -0.649. The van der Waals surface area contributed by atoms with Crippen molar-refractivity contribution in [2.24, 2.45) is 0 Å². The molecular weight excluding hydrogens is 347 g/mol. The second kappa shape index (κ2) is 9.62. The Balaban J connectivity index is 0.00000161. The molecule has 0 saturated heterocycles. The molecule has 0 unspecified atom stereocenters. The lowest BCUT2D eigenvalue weighted by molar-refractivity contribution is 0.879. The van der Waals surface area contributed by atoms with E-state index in [1.807, 2.05) is 54.6 Å². The lowest BCUT2D eigenvalue weighted by Crippen LogP contribution is -2.22. The van der Waals surface area contributed by atoms with Gasteiger partial charge in [-0.25, -0.2) is 0 Å². The minimum Gasteiger partial charge on any atom is -0.147 e. The Morgan fingerprint density at radius 3 is 0.913 bits per heavy atom. The summed E-state index contributed by atoms with van der Waals surface area (Å²) in [6, 6.07) is 30.6. The minimum absolute atomic E-state index is 0. The summed E-state index contributed by atoms with van der Waals surface area (Å²) < 4.78 is 0. The Morgan fingerprint density at radius 1 is 0.478 bits per heavy atom. The first-order chi connectivity index (χ1) is 9.82. The van der Waals surface area contributed by atoms with Crippen LogP contribution < -0.4 is 0 Å². The average molecular weight is 368 g/mol. The largest absolute Gasteiger partial charge is 0.147 e. The first-order valence-corrected chi connectivity index (χ1v) is 7.05. The highest BCUT2D eigenvalue weighted by molar-refractivity contribution is 6.28. The standard InChI is InChI=1S/C19H15Cl.CH4.2ClH/c20-19(16-10-4-1-5-11-16,17-12-6-2-7-13-17)18-14-8-3-9-15-18;;;/h1-15H;1H4;2*1H. The lowest BCUT2D eigenvalue weighted by Gasteiger charge is -2.29. The Labute approximate surface area is 156 Å². The van der Waals surface area contributed by atoms with Crippen LogP contribution in [0.25, 0.3) is 0 Å². The van der Waals surface area contributed by atoms with Crippen molar-refractivity contribution < 1.29 is 0 Å². The van der Waals surface area contributed by atoms with Crippen molar-refractivity contribution in [1.29, 1.82) is 0 Å². The molecular formula is C20H21Cl3. The summed E-state index contributed by atoms with van der Waals surface area (Å²) in [6.07, 6.45) is 0. The monoisotopic (exact) mass is 366 g/mol. The SMILES string of the molecule is C.Cl.Cl.ClC(c1ccccc1)(c1ccccc1)c1ccccc1. The molecule has 23 heavy (non-hydrogen) atoms. The maximum absolute atomic E-state index is 7.12. The van der Waals surface area contributed by atoms with Gasteiger partial charge in [-0.3, -0.25) is 0 Å². The molecule has 0 bridgehead atoms. The summed E-state index contributed by atoms with van der Waals surface area (Å²) in [6.45, 7) is 0. The first kappa shape index (κ1) is 21.5. The number of hydrogen-bond donors (Lipinski definition) is 0. The molecule has 3 aromatic carbocycles. The second-order valence-corrected chi connectivity index (χ2v) is 5.32. The predicted octanol–water partition coefficient (Wildman–Crippen LogP) is 6.70. The van der Waals surface area contributed by atoms with Crippen molar-refractivity contribution in [2.45, 2.75) is 12.3 Å². The molecule has 0 aromatic heterocycles. The third-order valence-electron chi connectivity index (χ3n) is 3.51. The number of benzene rings is 3. The van der Waals surface area contributed by atoms with Gasteiger partial charge in [0, 0.05) is 0 Å². The molecule has 0 aliphatic heterocycles. The van der Waals surface area contributed by atoms with E-state index in [-0.39, 0.29) is 32.2 Å². The predicted molar refractivity (Wildman–Crippen MR) is 106 cm³/mol. The van der Waals surface area contributed by atoms with Crippen LogP contribution in [0.15, 0.2) is 91.0 Å². The van der Waals surface area contributed by atoms with Crippen LogP contribution in [0.5, 0.6) is 0 Å². The van der Waals surface area contributed by atoms with Crippen LogP contribution >= 0.6 is 36.4 Å². The highest BCUT2D eigenvalue weighted by atomic mass is 35.5. The fraction of sp³-hybridized carbons (Fsp3) is 0.100. The molecule has 0 radical (unpaired) electrons. The van der Waals surface area contributed by atoms with E-state index in [0.29, 0.717) is 0 Å². The van der Waals surface area contributed by atoms with Gasteiger partial charge >= 0.3 is 0 Å². The molecule has 0 N–H and O–H groups in total. The smallest absolute Gasteiger partial charge is 0.119 e. The maximum atomic E-state index is 7.12. The van der Waals surface area contributed by atoms with Gasteiger partial charge in [-0.15, -0.1) is 36.4 Å². The van der Waals surface area contributed by atoms with Crippen molar-refractivity contribution in [3.63, 3.8) is 0 Å². The highest BCUT2D eigenvalue weighted by Crippen LogP contribution is 2.42. The topological polar surface area (TPSA) is 0 Å². The van der Waals surface area contributed by atoms with E-state index in [2.05, 4.69) is 36.4 Å². The van der Waals surface area contributed by atoms with Gasteiger partial charge in [0.1, 0.15) is 4.87 Å². The second-order valence-electron chi connectivity index (χ2n) is 4.76. The molecule has 0 amide bonds. The maximum Gasteiger partial charge on any atom is 0.119 e. The molecule has 0 aliphatic carbocycles. The van der Waals surface area contributed by atoms with Gasteiger partial charge in [0.05, 0.1) is 0 Å². The van der Waals surface area contributed by atoms with Crippen LogP contribution in [0.1, 0.15) is 24.1 Å². The van der Waals surface area contributed by atoms with Crippen molar-refractivity contribution in [2.75, 3.05) is 0 Å².